The minimum atomic E-state index is -0.319. The number of carbonyl (C=O) groups is 1. The highest BCUT2D eigenvalue weighted by molar-refractivity contribution is 7.80. The summed E-state index contributed by atoms with van der Waals surface area (Å²) < 4.78 is 5.11. The lowest BCUT2D eigenvalue weighted by molar-refractivity contribution is 0.0525. The third-order valence-corrected chi connectivity index (χ3v) is 5.05. The van der Waals surface area contributed by atoms with Gasteiger partial charge in [-0.05, 0) is 68.1 Å². The molecule has 0 heterocycles. The van der Waals surface area contributed by atoms with E-state index < -0.39 is 0 Å². The van der Waals surface area contributed by atoms with Crippen molar-refractivity contribution in [2.24, 2.45) is 0 Å². The van der Waals surface area contributed by atoms with Gasteiger partial charge in [-0.15, -0.1) is 0 Å². The van der Waals surface area contributed by atoms with Crippen molar-refractivity contribution in [3.8, 4) is 0 Å². The van der Waals surface area contributed by atoms with Crippen LogP contribution in [0.5, 0.6) is 0 Å². The van der Waals surface area contributed by atoms with Gasteiger partial charge in [-0.3, -0.25) is 0 Å². The molecule has 0 aliphatic rings. The molecule has 0 saturated heterocycles. The van der Waals surface area contributed by atoms with E-state index in [1.54, 1.807) is 13.0 Å². The van der Waals surface area contributed by atoms with Crippen LogP contribution in [0.15, 0.2) is 48.5 Å². The SMILES string of the molecule is CCOC(=O)c1cccc(NC(=S)NC(C)CC(C)(C)c2ccccc2)c1C. The Morgan fingerprint density at radius 2 is 1.82 bits per heavy atom. The van der Waals surface area contributed by atoms with Gasteiger partial charge in [-0.25, -0.2) is 4.79 Å². The molecule has 4 nitrogen and oxygen atoms in total. The molecule has 150 valence electrons. The van der Waals surface area contributed by atoms with Crippen LogP contribution >= 0.6 is 12.2 Å². The molecule has 0 aliphatic carbocycles. The number of benzene rings is 2. The van der Waals surface area contributed by atoms with Crippen molar-refractivity contribution in [3.63, 3.8) is 0 Å². The average Bonchev–Trinajstić information content (AvgIpc) is 2.63. The molecule has 0 amide bonds. The summed E-state index contributed by atoms with van der Waals surface area (Å²) in [5, 5.41) is 7.12. The molecule has 0 radical (unpaired) electrons. The maximum Gasteiger partial charge on any atom is 0.338 e. The first kappa shape index (κ1) is 21.9. The van der Waals surface area contributed by atoms with E-state index in [2.05, 4.69) is 55.7 Å². The lowest BCUT2D eigenvalue weighted by atomic mass is 9.79. The van der Waals surface area contributed by atoms with Gasteiger partial charge in [-0.2, -0.15) is 0 Å². The zero-order valence-corrected chi connectivity index (χ0v) is 18.2. The van der Waals surface area contributed by atoms with Crippen LogP contribution in [0.4, 0.5) is 5.69 Å². The van der Waals surface area contributed by atoms with Crippen LogP contribution in [0, 0.1) is 6.92 Å². The van der Waals surface area contributed by atoms with Crippen LogP contribution < -0.4 is 10.6 Å². The van der Waals surface area contributed by atoms with Crippen molar-refractivity contribution in [1.82, 2.24) is 5.32 Å². The van der Waals surface area contributed by atoms with Crippen molar-refractivity contribution < 1.29 is 9.53 Å². The summed E-state index contributed by atoms with van der Waals surface area (Å²) in [7, 11) is 0. The van der Waals surface area contributed by atoms with Crippen molar-refractivity contribution in [1.29, 1.82) is 0 Å². The van der Waals surface area contributed by atoms with E-state index in [1.165, 1.54) is 5.56 Å². The Kier molecular flexibility index (Phi) is 7.58. The lowest BCUT2D eigenvalue weighted by Gasteiger charge is -2.30. The zero-order chi connectivity index (χ0) is 20.7. The van der Waals surface area contributed by atoms with Crippen molar-refractivity contribution in [3.05, 3.63) is 65.2 Å². The molecule has 2 aromatic rings. The molecule has 0 fully saturated rings. The smallest absolute Gasteiger partial charge is 0.338 e. The van der Waals surface area contributed by atoms with Crippen LogP contribution in [0.2, 0.25) is 0 Å². The molecule has 0 spiro atoms. The summed E-state index contributed by atoms with van der Waals surface area (Å²) in [4.78, 5) is 12.1. The molecule has 5 heteroatoms. The number of ether oxygens (including phenoxy) is 1. The number of anilines is 1. The molecular weight excluding hydrogens is 368 g/mol. The third-order valence-electron chi connectivity index (χ3n) is 4.83. The normalized spacial score (nSPS) is 12.2. The maximum absolute atomic E-state index is 12.1. The van der Waals surface area contributed by atoms with Crippen LogP contribution in [0.25, 0.3) is 0 Å². The topological polar surface area (TPSA) is 50.4 Å². The summed E-state index contributed by atoms with van der Waals surface area (Å²) in [5.74, 6) is -0.319. The summed E-state index contributed by atoms with van der Waals surface area (Å²) in [6, 6.07) is 16.2. The molecule has 28 heavy (non-hydrogen) atoms. The van der Waals surface area contributed by atoms with Gasteiger partial charge in [0.05, 0.1) is 12.2 Å². The minimum absolute atomic E-state index is 0.0308. The molecule has 2 N–H and O–H groups in total. The highest BCUT2D eigenvalue weighted by atomic mass is 32.1. The summed E-state index contributed by atoms with van der Waals surface area (Å²) in [6.45, 7) is 10.6. The first-order chi connectivity index (χ1) is 13.2. The molecule has 1 unspecified atom stereocenters. The van der Waals surface area contributed by atoms with Crippen LogP contribution in [-0.4, -0.2) is 23.7 Å². The molecule has 2 aromatic carbocycles. The van der Waals surface area contributed by atoms with E-state index in [0.717, 1.165) is 17.7 Å². The largest absolute Gasteiger partial charge is 0.462 e. The first-order valence-corrected chi connectivity index (χ1v) is 10.0. The fourth-order valence-electron chi connectivity index (χ4n) is 3.41. The van der Waals surface area contributed by atoms with E-state index in [0.29, 0.717) is 17.3 Å². The standard InChI is InChI=1S/C23H30N2O2S/c1-6-27-21(26)19-13-10-14-20(17(19)3)25-22(28)24-16(2)15-23(4,5)18-11-8-7-9-12-18/h7-14,16H,6,15H2,1-5H3,(H2,24,25,28). The first-order valence-electron chi connectivity index (χ1n) is 9.64. The van der Waals surface area contributed by atoms with Crippen molar-refractivity contribution >= 4 is 29.0 Å². The summed E-state index contributed by atoms with van der Waals surface area (Å²) in [5.41, 5.74) is 3.51. The van der Waals surface area contributed by atoms with Gasteiger partial charge in [0.25, 0.3) is 0 Å². The van der Waals surface area contributed by atoms with Gasteiger partial charge in [0.2, 0.25) is 0 Å². The Hall–Kier alpha value is -2.40. The summed E-state index contributed by atoms with van der Waals surface area (Å²) >= 11 is 5.50. The van der Waals surface area contributed by atoms with Crippen molar-refractivity contribution in [2.75, 3.05) is 11.9 Å². The highest BCUT2D eigenvalue weighted by Gasteiger charge is 2.23. The number of nitrogens with one attached hydrogen (secondary N) is 2. The second-order valence-corrected chi connectivity index (χ2v) is 8.06. The number of hydrogen-bond acceptors (Lipinski definition) is 3. The van der Waals surface area contributed by atoms with E-state index >= 15 is 0 Å². The van der Waals surface area contributed by atoms with Crippen molar-refractivity contribution in [2.45, 2.75) is 52.5 Å². The number of hydrogen-bond donors (Lipinski definition) is 2. The van der Waals surface area contributed by atoms with Crippen LogP contribution in [-0.2, 0) is 10.2 Å². The second-order valence-electron chi connectivity index (χ2n) is 7.65. The monoisotopic (exact) mass is 398 g/mol. The predicted octanol–water partition coefficient (Wildman–Crippen LogP) is 5.21. The van der Waals surface area contributed by atoms with Crippen LogP contribution in [0.1, 0.15) is 55.6 Å². The maximum atomic E-state index is 12.1. The molecular formula is C23H30N2O2S. The number of rotatable bonds is 7. The minimum Gasteiger partial charge on any atom is -0.462 e. The lowest BCUT2D eigenvalue weighted by Crippen LogP contribution is -2.39. The Balaban J connectivity index is 2.00. The van der Waals surface area contributed by atoms with Gasteiger partial charge in [0.1, 0.15) is 0 Å². The summed E-state index contributed by atoms with van der Waals surface area (Å²) in [6.07, 6.45) is 0.931. The van der Waals surface area contributed by atoms with Gasteiger partial charge >= 0.3 is 5.97 Å². The zero-order valence-electron chi connectivity index (χ0n) is 17.3. The third kappa shape index (κ3) is 5.80. The number of esters is 1. The molecule has 0 bridgehead atoms. The van der Waals surface area contributed by atoms with E-state index in [1.807, 2.05) is 25.1 Å². The van der Waals surface area contributed by atoms with E-state index in [9.17, 15) is 4.79 Å². The molecule has 2 rings (SSSR count). The van der Waals surface area contributed by atoms with Gasteiger partial charge in [-0.1, -0.05) is 50.2 Å². The molecule has 0 saturated carbocycles. The molecule has 0 aromatic heterocycles. The highest BCUT2D eigenvalue weighted by Crippen LogP contribution is 2.28. The number of thiocarbonyl (C=S) groups is 1. The number of carbonyl (C=O) groups excluding carboxylic acids is 1. The van der Waals surface area contributed by atoms with Crippen LogP contribution in [0.3, 0.4) is 0 Å². The molecule has 1 atom stereocenters. The Morgan fingerprint density at radius 3 is 2.46 bits per heavy atom. The van der Waals surface area contributed by atoms with Gasteiger partial charge in [0, 0.05) is 11.7 Å². The van der Waals surface area contributed by atoms with E-state index in [4.69, 9.17) is 17.0 Å². The Bertz CT molecular complexity index is 819. The van der Waals surface area contributed by atoms with Gasteiger partial charge in [0.15, 0.2) is 5.11 Å². The fraction of sp³-hybridized carbons (Fsp3) is 0.391. The molecule has 0 aliphatic heterocycles. The Morgan fingerprint density at radius 1 is 1.14 bits per heavy atom. The van der Waals surface area contributed by atoms with Gasteiger partial charge < -0.3 is 15.4 Å². The average molecular weight is 399 g/mol. The quantitative estimate of drug-likeness (QED) is 0.495. The Labute approximate surface area is 173 Å². The fourth-order valence-corrected chi connectivity index (χ4v) is 3.72. The second kappa shape index (κ2) is 9.69. The predicted molar refractivity (Wildman–Crippen MR) is 120 cm³/mol. The van der Waals surface area contributed by atoms with E-state index in [-0.39, 0.29) is 17.4 Å².